The number of nitrogens with one attached hydrogen (secondary N) is 1. The number of carbonyl (C=O) groups excluding carboxylic acids is 1. The number of para-hydroxylation sites is 1. The molecule has 2 heterocycles. The second-order valence-corrected chi connectivity index (χ2v) is 5.33. The highest BCUT2D eigenvalue weighted by Crippen LogP contribution is 2.25. The van der Waals surface area contributed by atoms with Crippen molar-refractivity contribution in [3.8, 4) is 5.69 Å². The first-order valence-electron chi connectivity index (χ1n) is 7.04. The van der Waals surface area contributed by atoms with E-state index in [0.717, 1.165) is 24.1 Å². The number of ether oxygens (including phenoxy) is 1. The first-order chi connectivity index (χ1) is 10.2. The van der Waals surface area contributed by atoms with Gasteiger partial charge < -0.3 is 10.1 Å². The third-order valence-corrected chi connectivity index (χ3v) is 3.80. The van der Waals surface area contributed by atoms with Crippen molar-refractivity contribution in [1.29, 1.82) is 0 Å². The molecule has 3 rings (SSSR count). The number of amides is 1. The molecule has 1 aliphatic heterocycles. The summed E-state index contributed by atoms with van der Waals surface area (Å²) >= 11 is 0. The first-order valence-corrected chi connectivity index (χ1v) is 7.04. The van der Waals surface area contributed by atoms with Crippen molar-refractivity contribution in [2.24, 2.45) is 0 Å². The normalized spacial score (nSPS) is 21.4. The van der Waals surface area contributed by atoms with Crippen molar-refractivity contribution in [1.82, 2.24) is 20.1 Å². The van der Waals surface area contributed by atoms with Crippen LogP contribution in [0.1, 0.15) is 25.3 Å². The highest BCUT2D eigenvalue weighted by Gasteiger charge is 2.37. The van der Waals surface area contributed by atoms with Gasteiger partial charge in [0.05, 0.1) is 5.69 Å². The van der Waals surface area contributed by atoms with Gasteiger partial charge in [0.15, 0.2) is 0 Å². The van der Waals surface area contributed by atoms with Crippen molar-refractivity contribution in [3.63, 3.8) is 0 Å². The Morgan fingerprint density at radius 1 is 1.48 bits per heavy atom. The summed E-state index contributed by atoms with van der Waals surface area (Å²) < 4.78 is 7.24. The fourth-order valence-electron chi connectivity index (χ4n) is 2.54. The maximum absolute atomic E-state index is 12.3. The Bertz CT molecular complexity index is 618. The lowest BCUT2D eigenvalue weighted by Crippen LogP contribution is -2.43. The molecular weight excluding hydrogens is 268 g/mol. The van der Waals surface area contributed by atoms with E-state index < -0.39 is 5.60 Å². The van der Waals surface area contributed by atoms with E-state index >= 15 is 0 Å². The molecule has 1 aliphatic rings. The van der Waals surface area contributed by atoms with E-state index in [1.807, 2.05) is 31.2 Å². The Labute approximate surface area is 123 Å². The van der Waals surface area contributed by atoms with Crippen LogP contribution in [-0.2, 0) is 16.1 Å². The van der Waals surface area contributed by atoms with Gasteiger partial charge in [0.1, 0.15) is 18.3 Å². The summed E-state index contributed by atoms with van der Waals surface area (Å²) in [5.41, 5.74) is 1.20. The Balaban J connectivity index is 1.73. The molecule has 0 aliphatic carbocycles. The zero-order valence-electron chi connectivity index (χ0n) is 12.0. The van der Waals surface area contributed by atoms with Gasteiger partial charge in [-0.2, -0.15) is 5.10 Å². The molecule has 1 aromatic carbocycles. The van der Waals surface area contributed by atoms with Gasteiger partial charge in [-0.3, -0.25) is 4.79 Å². The lowest BCUT2D eigenvalue weighted by molar-refractivity contribution is -0.139. The smallest absolute Gasteiger partial charge is 0.252 e. The summed E-state index contributed by atoms with van der Waals surface area (Å²) in [4.78, 5) is 16.2. The molecule has 0 bridgehead atoms. The molecule has 0 spiro atoms. The second-order valence-electron chi connectivity index (χ2n) is 5.33. The predicted octanol–water partition coefficient (Wildman–Crippen LogP) is 1.45. The molecule has 6 heteroatoms. The molecule has 0 saturated carbocycles. The first kappa shape index (κ1) is 13.8. The quantitative estimate of drug-likeness (QED) is 0.923. The van der Waals surface area contributed by atoms with Crippen molar-refractivity contribution in [3.05, 3.63) is 42.5 Å². The lowest BCUT2D eigenvalue weighted by Gasteiger charge is -2.22. The molecule has 1 aromatic heterocycles. The van der Waals surface area contributed by atoms with Crippen LogP contribution in [0, 0.1) is 0 Å². The summed E-state index contributed by atoms with van der Waals surface area (Å²) in [5, 5.41) is 7.09. The largest absolute Gasteiger partial charge is 0.365 e. The average molecular weight is 286 g/mol. The summed E-state index contributed by atoms with van der Waals surface area (Å²) in [7, 11) is 0. The number of hydrogen-bond acceptors (Lipinski definition) is 4. The van der Waals surface area contributed by atoms with E-state index in [1.165, 1.54) is 6.33 Å². The molecular formula is C15H18N4O2. The molecule has 2 aromatic rings. The van der Waals surface area contributed by atoms with E-state index in [0.29, 0.717) is 13.2 Å². The van der Waals surface area contributed by atoms with Gasteiger partial charge in [-0.05, 0) is 31.4 Å². The van der Waals surface area contributed by atoms with E-state index in [2.05, 4.69) is 15.4 Å². The van der Waals surface area contributed by atoms with Crippen LogP contribution in [0.4, 0.5) is 0 Å². The van der Waals surface area contributed by atoms with Crippen molar-refractivity contribution in [2.45, 2.75) is 31.9 Å². The fourth-order valence-corrected chi connectivity index (χ4v) is 2.54. The lowest BCUT2D eigenvalue weighted by atomic mass is 10.0. The Morgan fingerprint density at radius 2 is 2.33 bits per heavy atom. The summed E-state index contributed by atoms with van der Waals surface area (Å²) in [6.07, 6.45) is 4.83. The summed E-state index contributed by atoms with van der Waals surface area (Å²) in [5.74, 6) is -0.0617. The third-order valence-electron chi connectivity index (χ3n) is 3.80. The number of hydrogen-bond donors (Lipinski definition) is 1. The van der Waals surface area contributed by atoms with E-state index in [1.54, 1.807) is 11.0 Å². The van der Waals surface area contributed by atoms with Gasteiger partial charge in [-0.15, -0.1) is 0 Å². The molecule has 1 fully saturated rings. The second kappa shape index (κ2) is 5.65. The molecule has 6 nitrogen and oxygen atoms in total. The number of carbonyl (C=O) groups is 1. The Hall–Kier alpha value is -2.21. The number of benzene rings is 1. The molecule has 0 radical (unpaired) electrons. The van der Waals surface area contributed by atoms with E-state index in [-0.39, 0.29) is 5.91 Å². The van der Waals surface area contributed by atoms with Crippen LogP contribution in [0.3, 0.4) is 0 Å². The minimum absolute atomic E-state index is 0.0617. The molecule has 110 valence electrons. The van der Waals surface area contributed by atoms with Crippen molar-refractivity contribution >= 4 is 5.91 Å². The van der Waals surface area contributed by atoms with Gasteiger partial charge in [0.25, 0.3) is 5.91 Å². The highest BCUT2D eigenvalue weighted by molar-refractivity contribution is 5.85. The van der Waals surface area contributed by atoms with Gasteiger partial charge in [0.2, 0.25) is 0 Å². The van der Waals surface area contributed by atoms with Crippen LogP contribution >= 0.6 is 0 Å². The molecule has 21 heavy (non-hydrogen) atoms. The monoisotopic (exact) mass is 286 g/mol. The van der Waals surface area contributed by atoms with Crippen LogP contribution in [0.25, 0.3) is 5.69 Å². The molecule has 1 atom stereocenters. The van der Waals surface area contributed by atoms with Crippen LogP contribution in [-0.4, -0.2) is 32.9 Å². The van der Waals surface area contributed by atoms with Crippen LogP contribution in [0.2, 0.25) is 0 Å². The zero-order chi connectivity index (χ0) is 14.7. The Kier molecular flexibility index (Phi) is 3.70. The number of rotatable bonds is 4. The maximum atomic E-state index is 12.3. The highest BCUT2D eigenvalue weighted by atomic mass is 16.5. The summed E-state index contributed by atoms with van der Waals surface area (Å²) in [6, 6.07) is 7.79. The van der Waals surface area contributed by atoms with Crippen molar-refractivity contribution < 1.29 is 9.53 Å². The maximum Gasteiger partial charge on any atom is 0.252 e. The number of nitrogens with zero attached hydrogens (tertiary/aromatic N) is 3. The predicted molar refractivity (Wildman–Crippen MR) is 76.8 cm³/mol. The van der Waals surface area contributed by atoms with E-state index in [4.69, 9.17) is 4.74 Å². The van der Waals surface area contributed by atoms with Crippen molar-refractivity contribution in [2.75, 3.05) is 6.61 Å². The van der Waals surface area contributed by atoms with Gasteiger partial charge in [-0.25, -0.2) is 9.67 Å². The number of aromatic nitrogens is 3. The molecule has 0 unspecified atom stereocenters. The van der Waals surface area contributed by atoms with Crippen LogP contribution < -0.4 is 5.32 Å². The zero-order valence-corrected chi connectivity index (χ0v) is 12.0. The molecule has 1 saturated heterocycles. The fraction of sp³-hybridized carbons (Fsp3) is 0.400. The average Bonchev–Trinajstić information content (AvgIpc) is 3.17. The van der Waals surface area contributed by atoms with Gasteiger partial charge >= 0.3 is 0 Å². The topological polar surface area (TPSA) is 69.0 Å². The third kappa shape index (κ3) is 2.80. The minimum Gasteiger partial charge on any atom is -0.365 e. The Morgan fingerprint density at radius 3 is 3.05 bits per heavy atom. The summed E-state index contributed by atoms with van der Waals surface area (Å²) in [6.45, 7) is 2.94. The van der Waals surface area contributed by atoms with Gasteiger partial charge in [0, 0.05) is 13.2 Å². The molecule has 1 N–H and O–H groups in total. The standard InChI is InChI=1S/C15H18N4O2/c1-15(7-4-8-21-15)14(20)17-9-12-5-2-3-6-13(12)19-11-16-10-18-19/h2-3,5-6,10-11H,4,7-9H2,1H3,(H,17,20)/t15-/m1/s1. The van der Waals surface area contributed by atoms with E-state index in [9.17, 15) is 4.79 Å². The van der Waals surface area contributed by atoms with Crippen LogP contribution in [0.5, 0.6) is 0 Å². The minimum atomic E-state index is -0.692. The van der Waals surface area contributed by atoms with Gasteiger partial charge in [-0.1, -0.05) is 18.2 Å². The molecule has 1 amide bonds. The van der Waals surface area contributed by atoms with Crippen LogP contribution in [0.15, 0.2) is 36.9 Å². The SMILES string of the molecule is C[C@]1(C(=O)NCc2ccccc2-n2cncn2)CCCO1.